The van der Waals surface area contributed by atoms with E-state index in [-0.39, 0.29) is 5.78 Å². The van der Waals surface area contributed by atoms with Crippen LogP contribution in [0, 0.1) is 23.7 Å². The van der Waals surface area contributed by atoms with Crippen LogP contribution in [0.4, 0.5) is 0 Å². The molecule has 1 aromatic heterocycles. The van der Waals surface area contributed by atoms with Crippen molar-refractivity contribution in [3.63, 3.8) is 0 Å². The van der Waals surface area contributed by atoms with E-state index in [4.69, 9.17) is 4.74 Å². The van der Waals surface area contributed by atoms with Crippen LogP contribution in [0.25, 0.3) is 10.9 Å². The maximum atomic E-state index is 13.6. The highest BCUT2D eigenvalue weighted by Crippen LogP contribution is 2.60. The van der Waals surface area contributed by atoms with Gasteiger partial charge in [0.1, 0.15) is 0 Å². The highest BCUT2D eigenvalue weighted by atomic mass is 16.5. The standard InChI is InChI=1S/C25H23NO2/c27-25(19-9-3-5-15-6-4-10-26-24(15)19)18-8-2-1-7-17(18)20-11-16-12-21(20)23-14-28-13-22(16)23/h1-10,16,20-23H,11-14H2/t16-,20+,21-,22-,23+/m0/s1. The number of hydrogen-bond donors (Lipinski definition) is 0. The molecule has 1 aliphatic heterocycles. The van der Waals surface area contributed by atoms with Gasteiger partial charge in [0.2, 0.25) is 0 Å². The summed E-state index contributed by atoms with van der Waals surface area (Å²) in [5.74, 6) is 3.46. The van der Waals surface area contributed by atoms with Gasteiger partial charge in [0.15, 0.2) is 5.78 Å². The molecule has 0 radical (unpaired) electrons. The van der Waals surface area contributed by atoms with Crippen molar-refractivity contribution in [1.82, 2.24) is 4.98 Å². The monoisotopic (exact) mass is 369 g/mol. The topological polar surface area (TPSA) is 39.2 Å². The zero-order valence-corrected chi connectivity index (χ0v) is 15.8. The SMILES string of the molecule is O=C(c1ccccc1[C@H]1C[C@H]2C[C@@H]1[C@H]1COC[C@@H]21)c1cccc2cccnc12. The van der Waals surface area contributed by atoms with E-state index in [0.29, 0.717) is 23.3 Å². The maximum absolute atomic E-state index is 13.6. The third-order valence-corrected chi connectivity index (χ3v) is 7.46. The van der Waals surface area contributed by atoms with Gasteiger partial charge in [0.05, 0.1) is 18.7 Å². The Kier molecular flexibility index (Phi) is 3.67. The molecule has 3 aromatic rings. The Bertz CT molecular complexity index is 1070. The number of hydrogen-bond acceptors (Lipinski definition) is 3. The average Bonchev–Trinajstić information content (AvgIpc) is 3.46. The van der Waals surface area contributed by atoms with Gasteiger partial charge in [-0.05, 0) is 60.1 Å². The van der Waals surface area contributed by atoms with Crippen molar-refractivity contribution in [3.05, 3.63) is 77.5 Å². The van der Waals surface area contributed by atoms with Gasteiger partial charge in [-0.2, -0.15) is 0 Å². The minimum Gasteiger partial charge on any atom is -0.381 e. The number of nitrogens with zero attached hydrogens (tertiary/aromatic N) is 1. The van der Waals surface area contributed by atoms with Gasteiger partial charge in [-0.25, -0.2) is 0 Å². The molecule has 3 heteroatoms. The fourth-order valence-electron chi connectivity index (χ4n) is 6.27. The van der Waals surface area contributed by atoms with Crippen LogP contribution in [0.5, 0.6) is 0 Å². The van der Waals surface area contributed by atoms with Crippen LogP contribution >= 0.6 is 0 Å². The number of benzene rings is 2. The first kappa shape index (κ1) is 16.4. The van der Waals surface area contributed by atoms with Crippen LogP contribution in [0.3, 0.4) is 0 Å². The first-order valence-corrected chi connectivity index (χ1v) is 10.4. The molecule has 0 amide bonds. The van der Waals surface area contributed by atoms with Crippen molar-refractivity contribution in [1.29, 1.82) is 0 Å². The summed E-state index contributed by atoms with van der Waals surface area (Å²) in [4.78, 5) is 18.1. The number of rotatable bonds is 3. The predicted molar refractivity (Wildman–Crippen MR) is 108 cm³/mol. The summed E-state index contributed by atoms with van der Waals surface area (Å²) in [7, 11) is 0. The van der Waals surface area contributed by atoms with Gasteiger partial charge in [-0.1, -0.05) is 42.5 Å². The van der Waals surface area contributed by atoms with E-state index in [1.54, 1.807) is 6.20 Å². The Morgan fingerprint density at radius 2 is 1.68 bits per heavy atom. The van der Waals surface area contributed by atoms with Crippen molar-refractivity contribution in [2.45, 2.75) is 18.8 Å². The lowest BCUT2D eigenvalue weighted by molar-refractivity contribution is 0.103. The predicted octanol–water partition coefficient (Wildman–Crippen LogP) is 4.85. The van der Waals surface area contributed by atoms with E-state index >= 15 is 0 Å². The van der Waals surface area contributed by atoms with Gasteiger partial charge in [0, 0.05) is 22.7 Å². The average molecular weight is 369 g/mol. The number of para-hydroxylation sites is 1. The van der Waals surface area contributed by atoms with Gasteiger partial charge in [-0.3, -0.25) is 9.78 Å². The number of ketones is 1. The molecular formula is C25H23NO2. The maximum Gasteiger partial charge on any atom is 0.195 e. The van der Waals surface area contributed by atoms with Crippen LogP contribution < -0.4 is 0 Å². The van der Waals surface area contributed by atoms with Gasteiger partial charge in [-0.15, -0.1) is 0 Å². The molecule has 28 heavy (non-hydrogen) atoms. The van der Waals surface area contributed by atoms with Crippen molar-refractivity contribution in [2.75, 3.05) is 13.2 Å². The van der Waals surface area contributed by atoms with Gasteiger partial charge < -0.3 is 4.74 Å². The Hall–Kier alpha value is -2.52. The van der Waals surface area contributed by atoms with Crippen LogP contribution in [0.1, 0.15) is 40.2 Å². The van der Waals surface area contributed by atoms with Gasteiger partial charge >= 0.3 is 0 Å². The van der Waals surface area contributed by atoms with Crippen LogP contribution in [0.15, 0.2) is 60.8 Å². The quantitative estimate of drug-likeness (QED) is 0.620. The second kappa shape index (κ2) is 6.25. The Morgan fingerprint density at radius 1 is 0.857 bits per heavy atom. The molecule has 140 valence electrons. The summed E-state index contributed by atoms with van der Waals surface area (Å²) in [5, 5.41) is 1.01. The highest BCUT2D eigenvalue weighted by molar-refractivity contribution is 6.16. The summed E-state index contributed by atoms with van der Waals surface area (Å²) < 4.78 is 5.80. The lowest BCUT2D eigenvalue weighted by atomic mass is 9.72. The minimum atomic E-state index is 0.0990. The molecule has 2 aliphatic carbocycles. The fraction of sp³-hybridized carbons (Fsp3) is 0.360. The second-order valence-corrected chi connectivity index (χ2v) is 8.66. The molecule has 2 heterocycles. The van der Waals surface area contributed by atoms with Crippen LogP contribution in [0.2, 0.25) is 0 Å². The van der Waals surface area contributed by atoms with E-state index < -0.39 is 0 Å². The summed E-state index contributed by atoms with van der Waals surface area (Å²) in [6.07, 6.45) is 4.27. The largest absolute Gasteiger partial charge is 0.381 e. The molecule has 3 nitrogen and oxygen atoms in total. The Balaban J connectivity index is 1.42. The smallest absolute Gasteiger partial charge is 0.195 e. The zero-order chi connectivity index (χ0) is 18.7. The van der Waals surface area contributed by atoms with Crippen molar-refractivity contribution < 1.29 is 9.53 Å². The first-order chi connectivity index (χ1) is 13.8. The normalized spacial score (nSPS) is 30.6. The molecule has 3 fully saturated rings. The van der Waals surface area contributed by atoms with E-state index in [9.17, 15) is 4.79 Å². The molecular weight excluding hydrogens is 346 g/mol. The first-order valence-electron chi connectivity index (χ1n) is 10.4. The molecule has 2 aromatic carbocycles. The van der Waals surface area contributed by atoms with Crippen molar-refractivity contribution >= 4 is 16.7 Å². The Labute approximate surface area is 164 Å². The molecule has 0 unspecified atom stereocenters. The van der Waals surface area contributed by atoms with Crippen molar-refractivity contribution in [2.24, 2.45) is 23.7 Å². The third kappa shape index (κ3) is 2.32. The zero-order valence-electron chi connectivity index (χ0n) is 15.8. The lowest BCUT2D eigenvalue weighted by Gasteiger charge is -2.31. The molecule has 2 saturated carbocycles. The fourth-order valence-corrected chi connectivity index (χ4v) is 6.27. The van der Waals surface area contributed by atoms with E-state index in [1.807, 2.05) is 42.5 Å². The molecule has 5 atom stereocenters. The number of carbonyl (C=O) groups excluding carboxylic acids is 1. The summed E-state index contributed by atoms with van der Waals surface area (Å²) in [6.45, 7) is 1.85. The van der Waals surface area contributed by atoms with E-state index in [2.05, 4.69) is 17.1 Å². The Morgan fingerprint density at radius 3 is 2.64 bits per heavy atom. The molecule has 1 saturated heterocycles. The molecule has 3 aliphatic rings. The van der Waals surface area contributed by atoms with E-state index in [1.165, 1.54) is 18.4 Å². The number of pyridine rings is 1. The summed E-state index contributed by atoms with van der Waals surface area (Å²) in [6, 6.07) is 18.1. The van der Waals surface area contributed by atoms with Gasteiger partial charge in [0.25, 0.3) is 0 Å². The number of aromatic nitrogens is 1. The highest BCUT2D eigenvalue weighted by Gasteiger charge is 2.55. The van der Waals surface area contributed by atoms with Crippen molar-refractivity contribution in [3.8, 4) is 0 Å². The van der Waals surface area contributed by atoms with Crippen LogP contribution in [-0.4, -0.2) is 24.0 Å². The molecule has 6 rings (SSSR count). The number of ether oxygens (including phenoxy) is 1. The number of carbonyl (C=O) groups is 1. The minimum absolute atomic E-state index is 0.0990. The van der Waals surface area contributed by atoms with Crippen LogP contribution in [-0.2, 0) is 4.74 Å². The lowest BCUT2D eigenvalue weighted by Crippen LogP contribution is -2.26. The second-order valence-electron chi connectivity index (χ2n) is 8.66. The number of fused-ring (bicyclic) bond motifs is 6. The molecule has 0 spiro atoms. The summed E-state index contributed by atoms with van der Waals surface area (Å²) in [5.41, 5.74) is 3.59. The third-order valence-electron chi connectivity index (χ3n) is 7.46. The summed E-state index contributed by atoms with van der Waals surface area (Å²) >= 11 is 0. The van der Waals surface area contributed by atoms with E-state index in [0.717, 1.165) is 41.5 Å². The molecule has 2 bridgehead atoms. The molecule has 0 N–H and O–H groups in total.